The number of amides is 3. The van der Waals surface area contributed by atoms with Gasteiger partial charge in [0.25, 0.3) is 5.91 Å². The van der Waals surface area contributed by atoms with Crippen molar-refractivity contribution < 1.29 is 27.9 Å². The van der Waals surface area contributed by atoms with E-state index < -0.39 is 24.1 Å². The summed E-state index contributed by atoms with van der Waals surface area (Å²) < 4.78 is 29.0. The van der Waals surface area contributed by atoms with Gasteiger partial charge in [0.2, 0.25) is 0 Å². The summed E-state index contributed by atoms with van der Waals surface area (Å²) in [5.41, 5.74) is 1.83. The van der Waals surface area contributed by atoms with Gasteiger partial charge < -0.3 is 10.1 Å². The molecule has 1 atom stereocenters. The van der Waals surface area contributed by atoms with Crippen LogP contribution in [0.15, 0.2) is 42.5 Å². The normalized spacial score (nSPS) is 20.5. The van der Waals surface area contributed by atoms with Crippen molar-refractivity contribution in [3.63, 3.8) is 0 Å². The van der Waals surface area contributed by atoms with E-state index in [1.807, 2.05) is 12.1 Å². The number of benzene rings is 2. The van der Waals surface area contributed by atoms with Gasteiger partial charge >= 0.3 is 12.6 Å². The van der Waals surface area contributed by atoms with Crippen molar-refractivity contribution in [2.45, 2.75) is 38.3 Å². The Bertz CT molecular complexity index is 1020. The Morgan fingerprint density at radius 1 is 1.13 bits per heavy atom. The summed E-state index contributed by atoms with van der Waals surface area (Å²) in [7, 11) is 0. The minimum absolute atomic E-state index is 0.0576. The lowest BCUT2D eigenvalue weighted by atomic mass is 9.92. The van der Waals surface area contributed by atoms with Crippen LogP contribution < -0.4 is 10.1 Å². The van der Waals surface area contributed by atoms with Crippen LogP contribution in [0.3, 0.4) is 0 Å². The van der Waals surface area contributed by atoms with Gasteiger partial charge in [0.05, 0.1) is 6.54 Å². The van der Waals surface area contributed by atoms with Gasteiger partial charge in [0.15, 0.2) is 5.78 Å². The summed E-state index contributed by atoms with van der Waals surface area (Å²) in [6, 6.07) is 10.3. The predicted octanol–water partition coefficient (Wildman–Crippen LogP) is 3.43. The van der Waals surface area contributed by atoms with Crippen LogP contribution in [-0.2, 0) is 23.2 Å². The van der Waals surface area contributed by atoms with E-state index in [-0.39, 0.29) is 18.1 Å². The van der Waals surface area contributed by atoms with Crippen molar-refractivity contribution in [2.24, 2.45) is 0 Å². The Morgan fingerprint density at radius 2 is 1.83 bits per heavy atom. The first kappa shape index (κ1) is 20.0. The maximum Gasteiger partial charge on any atom is 0.387 e. The van der Waals surface area contributed by atoms with Crippen LogP contribution in [0.4, 0.5) is 13.6 Å². The number of nitrogens with one attached hydrogen (secondary N) is 1. The highest BCUT2D eigenvalue weighted by atomic mass is 19.3. The standard InChI is InChI=1S/C22H20F2N2O4/c1-22(16-7-9-17(10-8-16)30-20(23)24)19(28)26(21(29)25-22)12-18(27)15-6-5-13-3-2-4-14(13)11-15/h5-11,20H,2-4,12H2,1H3,(H,25,29). The fraction of sp³-hybridized carbons (Fsp3) is 0.318. The SMILES string of the molecule is CC1(c2ccc(OC(F)F)cc2)NC(=O)N(CC(=O)c2ccc3c(c2)CCC3)C1=O. The van der Waals surface area contributed by atoms with Crippen LogP contribution in [0.5, 0.6) is 5.75 Å². The quantitative estimate of drug-likeness (QED) is 0.581. The number of fused-ring (bicyclic) bond motifs is 1. The zero-order valence-electron chi connectivity index (χ0n) is 16.3. The molecule has 1 fully saturated rings. The van der Waals surface area contributed by atoms with Crippen LogP contribution in [0, 0.1) is 0 Å². The van der Waals surface area contributed by atoms with Gasteiger partial charge in [-0.3, -0.25) is 14.5 Å². The number of imide groups is 1. The Balaban J connectivity index is 1.51. The minimum Gasteiger partial charge on any atom is -0.435 e. The number of alkyl halides is 2. The molecule has 1 saturated heterocycles. The first-order chi connectivity index (χ1) is 14.3. The summed E-state index contributed by atoms with van der Waals surface area (Å²) >= 11 is 0. The zero-order valence-corrected chi connectivity index (χ0v) is 16.3. The van der Waals surface area contributed by atoms with E-state index in [1.165, 1.54) is 36.8 Å². The third-order valence-corrected chi connectivity index (χ3v) is 5.65. The Kier molecular flexibility index (Phi) is 5.01. The van der Waals surface area contributed by atoms with E-state index >= 15 is 0 Å². The lowest BCUT2D eigenvalue weighted by Crippen LogP contribution is -2.41. The minimum atomic E-state index is -2.96. The molecule has 1 aliphatic heterocycles. The molecule has 30 heavy (non-hydrogen) atoms. The van der Waals surface area contributed by atoms with E-state index in [4.69, 9.17) is 0 Å². The van der Waals surface area contributed by atoms with Gasteiger partial charge in [-0.2, -0.15) is 8.78 Å². The molecule has 0 aromatic heterocycles. The Hall–Kier alpha value is -3.29. The van der Waals surface area contributed by atoms with Gasteiger partial charge in [-0.1, -0.05) is 24.3 Å². The van der Waals surface area contributed by atoms with E-state index in [1.54, 1.807) is 6.07 Å². The van der Waals surface area contributed by atoms with Crippen molar-refractivity contribution >= 4 is 17.7 Å². The number of ether oxygens (including phenoxy) is 1. The monoisotopic (exact) mass is 414 g/mol. The largest absolute Gasteiger partial charge is 0.435 e. The van der Waals surface area contributed by atoms with Gasteiger partial charge in [-0.15, -0.1) is 0 Å². The summed E-state index contributed by atoms with van der Waals surface area (Å²) in [5, 5.41) is 2.60. The summed E-state index contributed by atoms with van der Waals surface area (Å²) in [5.74, 6) is -0.958. The summed E-state index contributed by atoms with van der Waals surface area (Å²) in [6.45, 7) is -1.82. The molecule has 1 N–H and O–H groups in total. The summed E-state index contributed by atoms with van der Waals surface area (Å²) in [4.78, 5) is 39.1. The van der Waals surface area contributed by atoms with E-state index in [9.17, 15) is 23.2 Å². The van der Waals surface area contributed by atoms with Crippen LogP contribution in [0.2, 0.25) is 0 Å². The number of carbonyl (C=O) groups excluding carboxylic acids is 3. The van der Waals surface area contributed by atoms with Crippen LogP contribution in [0.1, 0.15) is 40.4 Å². The molecule has 3 amide bonds. The Labute approximate surface area is 171 Å². The van der Waals surface area contributed by atoms with Gasteiger partial charge in [-0.05, 0) is 61.1 Å². The maximum absolute atomic E-state index is 13.0. The molecule has 1 aliphatic carbocycles. The average molecular weight is 414 g/mol. The molecule has 0 saturated carbocycles. The number of ketones is 1. The smallest absolute Gasteiger partial charge is 0.387 e. The van der Waals surface area contributed by atoms with Crippen LogP contribution in [-0.4, -0.2) is 35.8 Å². The number of Topliss-reactive ketones (excluding diaryl/α,β-unsaturated/α-hetero) is 1. The van der Waals surface area contributed by atoms with Crippen LogP contribution >= 0.6 is 0 Å². The van der Waals surface area contributed by atoms with E-state index in [0.717, 1.165) is 29.7 Å². The number of hydrogen-bond acceptors (Lipinski definition) is 4. The molecule has 2 aliphatic rings. The molecular formula is C22H20F2N2O4. The van der Waals surface area contributed by atoms with Crippen LogP contribution in [0.25, 0.3) is 0 Å². The highest BCUT2D eigenvalue weighted by Gasteiger charge is 2.49. The van der Waals surface area contributed by atoms with Crippen molar-refractivity contribution in [1.29, 1.82) is 0 Å². The van der Waals surface area contributed by atoms with Gasteiger partial charge in [0.1, 0.15) is 11.3 Å². The number of halogens is 2. The lowest BCUT2D eigenvalue weighted by Gasteiger charge is -2.22. The molecular weight excluding hydrogens is 394 g/mol. The highest BCUT2D eigenvalue weighted by molar-refractivity contribution is 6.11. The molecule has 1 unspecified atom stereocenters. The van der Waals surface area contributed by atoms with Crippen molar-refractivity contribution in [3.8, 4) is 5.75 Å². The Morgan fingerprint density at radius 3 is 2.53 bits per heavy atom. The topological polar surface area (TPSA) is 75.7 Å². The fourth-order valence-electron chi connectivity index (χ4n) is 3.99. The lowest BCUT2D eigenvalue weighted by molar-refractivity contribution is -0.130. The average Bonchev–Trinajstić information content (AvgIpc) is 3.26. The third kappa shape index (κ3) is 3.53. The zero-order chi connectivity index (χ0) is 21.5. The number of rotatable bonds is 6. The molecule has 2 aromatic rings. The number of hydrogen-bond donors (Lipinski definition) is 1. The molecule has 6 nitrogen and oxygen atoms in total. The molecule has 156 valence electrons. The van der Waals surface area contributed by atoms with Gasteiger partial charge in [0, 0.05) is 5.56 Å². The van der Waals surface area contributed by atoms with Crippen molar-refractivity contribution in [1.82, 2.24) is 10.2 Å². The molecule has 0 bridgehead atoms. The molecule has 8 heteroatoms. The maximum atomic E-state index is 13.0. The molecule has 4 rings (SSSR count). The second-order valence-corrected chi connectivity index (χ2v) is 7.61. The first-order valence-electron chi connectivity index (χ1n) is 9.62. The second-order valence-electron chi connectivity index (χ2n) is 7.61. The number of nitrogens with zero attached hydrogens (tertiary/aromatic N) is 1. The molecule has 0 radical (unpaired) electrons. The first-order valence-corrected chi connectivity index (χ1v) is 9.62. The van der Waals surface area contributed by atoms with Crippen molar-refractivity contribution in [3.05, 3.63) is 64.7 Å². The van der Waals surface area contributed by atoms with Crippen molar-refractivity contribution in [2.75, 3.05) is 6.54 Å². The number of aryl methyl sites for hydroxylation is 2. The number of urea groups is 1. The van der Waals surface area contributed by atoms with Gasteiger partial charge in [-0.25, -0.2) is 4.79 Å². The third-order valence-electron chi connectivity index (χ3n) is 5.65. The second kappa shape index (κ2) is 7.51. The summed E-state index contributed by atoms with van der Waals surface area (Å²) in [6.07, 6.45) is 2.97. The fourth-order valence-corrected chi connectivity index (χ4v) is 3.99. The molecule has 2 aromatic carbocycles. The van der Waals surface area contributed by atoms with E-state index in [0.29, 0.717) is 11.1 Å². The number of carbonyl (C=O) groups is 3. The van der Waals surface area contributed by atoms with E-state index in [2.05, 4.69) is 10.1 Å². The molecule has 1 heterocycles. The predicted molar refractivity (Wildman–Crippen MR) is 103 cm³/mol. The molecule has 0 spiro atoms. The highest BCUT2D eigenvalue weighted by Crippen LogP contribution is 2.31.